The van der Waals surface area contributed by atoms with Crippen LogP contribution >= 0.6 is 34.0 Å². The molecule has 4 heterocycles. The smallest absolute Gasteiger partial charge is 0.164 e. The Kier molecular flexibility index (Phi) is 11.9. The molecule has 0 bridgehead atoms. The second kappa shape index (κ2) is 14.8. The maximum Gasteiger partial charge on any atom is 0.164 e. The van der Waals surface area contributed by atoms with Crippen LogP contribution in [0.1, 0.15) is 99.1 Å². The summed E-state index contributed by atoms with van der Waals surface area (Å²) in [6, 6.07) is 14.9. The number of ketones is 1. The van der Waals surface area contributed by atoms with Crippen molar-refractivity contribution in [1.29, 1.82) is 0 Å². The van der Waals surface area contributed by atoms with E-state index in [1.807, 2.05) is 81.7 Å². The largest absolute Gasteiger partial charge is 0.512 e. The Balaban J connectivity index is 0.000000251. The third-order valence-corrected chi connectivity index (χ3v) is 13.8. The van der Waals surface area contributed by atoms with E-state index < -0.39 is 0 Å². The van der Waals surface area contributed by atoms with Gasteiger partial charge in [0.05, 0.1) is 9.40 Å². The molecule has 6 aromatic rings. The molecule has 4 aromatic heterocycles. The van der Waals surface area contributed by atoms with Gasteiger partial charge in [0, 0.05) is 53.6 Å². The van der Waals surface area contributed by atoms with E-state index >= 15 is 0 Å². The Morgan fingerprint density at radius 2 is 1.52 bits per heavy atom. The predicted octanol–water partition coefficient (Wildman–Crippen LogP) is 13.6. The fraction of sp³-hybridized carbons (Fsp3) is 0.415. The van der Waals surface area contributed by atoms with Gasteiger partial charge in [-0.15, -0.1) is 46.3 Å². The third-order valence-electron chi connectivity index (χ3n) is 10.4. The van der Waals surface area contributed by atoms with Crippen LogP contribution in [0.4, 0.5) is 0 Å². The molecular weight excluding hydrogens is 827 g/mol. The average Bonchev–Trinajstić information content (AvgIpc) is 3.79. The topological polar surface area (TPSA) is 50.2 Å². The summed E-state index contributed by atoms with van der Waals surface area (Å²) in [4.78, 5) is 17.1. The van der Waals surface area contributed by atoms with Crippen LogP contribution < -0.4 is 0 Å². The molecule has 0 fully saturated rings. The van der Waals surface area contributed by atoms with Crippen molar-refractivity contribution in [2.24, 2.45) is 10.8 Å². The fourth-order valence-electron chi connectivity index (χ4n) is 5.98. The van der Waals surface area contributed by atoms with E-state index in [9.17, 15) is 9.90 Å². The van der Waals surface area contributed by atoms with Gasteiger partial charge in [0.25, 0.3) is 0 Å². The SMILES string of the molecule is CCC(C)(CC)C(=O)/C=C(\O)C(C)(CC)CC.Cc1csc2c1ccc1c2sc2ccnc(-c3[c-]c4ccsc4c(C(C)(C)C)c3)c21.[Ir]. The second-order valence-electron chi connectivity index (χ2n) is 14.3. The van der Waals surface area contributed by atoms with Crippen molar-refractivity contribution >= 4 is 80.1 Å². The van der Waals surface area contributed by atoms with E-state index in [0.29, 0.717) is 0 Å². The molecule has 0 saturated heterocycles. The van der Waals surface area contributed by atoms with Crippen LogP contribution in [-0.4, -0.2) is 15.9 Å². The molecule has 48 heavy (non-hydrogen) atoms. The first-order valence-corrected chi connectivity index (χ1v) is 19.4. The van der Waals surface area contributed by atoms with Crippen molar-refractivity contribution in [2.75, 3.05) is 0 Å². The van der Waals surface area contributed by atoms with Gasteiger partial charge in [-0.25, -0.2) is 0 Å². The number of aromatic nitrogens is 1. The molecule has 6 rings (SSSR count). The maximum atomic E-state index is 12.2. The Bertz CT molecular complexity index is 2100. The first kappa shape index (κ1) is 38.4. The summed E-state index contributed by atoms with van der Waals surface area (Å²) in [5.74, 6) is 0.286. The van der Waals surface area contributed by atoms with Gasteiger partial charge in [-0.3, -0.25) is 9.78 Å². The van der Waals surface area contributed by atoms with Crippen LogP contribution in [0.3, 0.4) is 0 Å². The molecule has 2 aromatic carbocycles. The zero-order valence-corrected chi connectivity index (χ0v) is 34.7. The summed E-state index contributed by atoms with van der Waals surface area (Å²) in [5.41, 5.74) is 4.34. The molecule has 257 valence electrons. The van der Waals surface area contributed by atoms with Crippen LogP contribution in [-0.2, 0) is 30.3 Å². The van der Waals surface area contributed by atoms with Gasteiger partial charge >= 0.3 is 0 Å². The number of thiophene rings is 3. The van der Waals surface area contributed by atoms with Crippen LogP contribution in [0.5, 0.6) is 0 Å². The van der Waals surface area contributed by atoms with E-state index in [-0.39, 0.29) is 47.9 Å². The van der Waals surface area contributed by atoms with E-state index in [0.717, 1.165) is 36.9 Å². The number of carbonyl (C=O) groups is 1. The number of rotatable bonds is 8. The standard InChI is InChI=1S/C26H20NS3.C15H28O2.Ir/c1-14-13-29-24-17(14)5-6-18-21-20(30-25(18)24)7-9-27-22(21)16-11-15-8-10-28-23(15)19(12-16)26(2,3)4;1-7-14(5,8-2)12(16)11-13(17)15(6,9-3)10-4;/h5-10,12-13H,1-4H3;11,16H,7-10H2,1-6H3;/q-1;;/b;12-11-;. The van der Waals surface area contributed by atoms with Crippen molar-refractivity contribution in [3.8, 4) is 11.3 Å². The maximum absolute atomic E-state index is 12.2. The summed E-state index contributed by atoms with van der Waals surface area (Å²) in [6.07, 6.45) is 6.71. The van der Waals surface area contributed by atoms with Crippen LogP contribution in [0, 0.1) is 23.8 Å². The number of carbonyl (C=O) groups excluding carboxylic acids is 1. The summed E-state index contributed by atoms with van der Waals surface area (Å²) < 4.78 is 5.40. The number of fused-ring (bicyclic) bond motifs is 6. The van der Waals surface area contributed by atoms with E-state index in [1.54, 1.807) is 0 Å². The number of benzene rings is 2. The van der Waals surface area contributed by atoms with E-state index in [1.165, 1.54) is 57.5 Å². The van der Waals surface area contributed by atoms with Gasteiger partial charge in [-0.2, -0.15) is 11.3 Å². The van der Waals surface area contributed by atoms with Crippen LogP contribution in [0.2, 0.25) is 0 Å². The van der Waals surface area contributed by atoms with E-state index in [4.69, 9.17) is 4.98 Å². The number of aryl methyl sites for hydroxylation is 1. The van der Waals surface area contributed by atoms with Gasteiger partial charge in [0.1, 0.15) is 5.76 Å². The Morgan fingerprint density at radius 1 is 0.875 bits per heavy atom. The molecule has 0 aliphatic heterocycles. The molecule has 1 radical (unpaired) electrons. The first-order chi connectivity index (χ1) is 22.2. The molecule has 0 saturated carbocycles. The molecule has 0 atom stereocenters. The first-order valence-electron chi connectivity index (χ1n) is 16.8. The Hall–Kier alpha value is -2.41. The number of nitrogens with zero attached hydrogens (tertiary/aromatic N) is 1. The fourth-order valence-corrected chi connectivity index (χ4v) is 9.46. The molecule has 3 nitrogen and oxygen atoms in total. The Labute approximate surface area is 311 Å². The molecule has 0 amide bonds. The number of hydrogen-bond donors (Lipinski definition) is 1. The van der Waals surface area contributed by atoms with Gasteiger partial charge in [-0.1, -0.05) is 85.6 Å². The summed E-state index contributed by atoms with van der Waals surface area (Å²) in [7, 11) is 0. The number of allylic oxidation sites excluding steroid dienone is 2. The minimum atomic E-state index is -0.337. The van der Waals surface area contributed by atoms with Gasteiger partial charge in [0.2, 0.25) is 0 Å². The Morgan fingerprint density at radius 3 is 2.15 bits per heavy atom. The molecule has 1 N–H and O–H groups in total. The molecular formula is C41H48IrNO2S3-. The number of aliphatic hydroxyl groups is 1. The third kappa shape index (κ3) is 7.09. The normalized spacial score (nSPS) is 12.8. The monoisotopic (exact) mass is 875 g/mol. The molecule has 0 aliphatic carbocycles. The zero-order chi connectivity index (χ0) is 34.3. The number of hydrogen-bond acceptors (Lipinski definition) is 6. The minimum absolute atomic E-state index is 0. The average molecular weight is 875 g/mol. The number of pyridine rings is 1. The number of aliphatic hydroxyl groups excluding tert-OH is 1. The van der Waals surface area contributed by atoms with Crippen molar-refractivity contribution in [3.63, 3.8) is 0 Å². The van der Waals surface area contributed by atoms with Crippen molar-refractivity contribution in [3.05, 3.63) is 76.3 Å². The summed E-state index contributed by atoms with van der Waals surface area (Å²) >= 11 is 5.55. The van der Waals surface area contributed by atoms with E-state index in [2.05, 4.69) is 74.9 Å². The van der Waals surface area contributed by atoms with Gasteiger partial charge in [0.15, 0.2) is 5.78 Å². The van der Waals surface area contributed by atoms with Crippen molar-refractivity contribution in [2.45, 2.75) is 100 Å². The quantitative estimate of drug-likeness (QED) is 0.0941. The second-order valence-corrected chi connectivity index (χ2v) is 17.2. The van der Waals surface area contributed by atoms with Gasteiger partial charge < -0.3 is 5.11 Å². The molecule has 0 unspecified atom stereocenters. The molecule has 0 aliphatic rings. The minimum Gasteiger partial charge on any atom is -0.512 e. The van der Waals surface area contributed by atoms with Crippen molar-refractivity contribution < 1.29 is 30.0 Å². The summed E-state index contributed by atoms with van der Waals surface area (Å²) in [6.45, 7) is 21.1. The molecule has 0 spiro atoms. The van der Waals surface area contributed by atoms with Crippen molar-refractivity contribution in [1.82, 2.24) is 4.98 Å². The van der Waals surface area contributed by atoms with Crippen LogP contribution in [0.15, 0.2) is 59.1 Å². The van der Waals surface area contributed by atoms with Crippen LogP contribution in [0.25, 0.3) is 51.6 Å². The van der Waals surface area contributed by atoms with Gasteiger partial charge in [-0.05, 0) is 81.3 Å². The molecule has 7 heteroatoms. The predicted molar refractivity (Wildman–Crippen MR) is 209 cm³/mol. The summed E-state index contributed by atoms with van der Waals surface area (Å²) in [5, 5.41) is 19.7. The zero-order valence-electron chi connectivity index (χ0n) is 29.9.